The number of hydrogen-bond donors (Lipinski definition) is 1. The maximum absolute atomic E-state index is 13.2. The number of amides is 1. The highest BCUT2D eigenvalue weighted by atomic mass is 32.2. The van der Waals surface area contributed by atoms with Crippen LogP contribution in [0.15, 0.2) is 71.6 Å². The van der Waals surface area contributed by atoms with Crippen LogP contribution in [0.4, 0.5) is 15.8 Å². The Morgan fingerprint density at radius 2 is 1.61 bits per heavy atom. The quantitative estimate of drug-likeness (QED) is 0.611. The molecule has 1 amide bonds. The molecule has 1 aliphatic rings. The first-order valence-electron chi connectivity index (χ1n) is 10.7. The summed E-state index contributed by atoms with van der Waals surface area (Å²) in [5, 5.41) is 0. The van der Waals surface area contributed by atoms with Crippen molar-refractivity contribution in [3.63, 3.8) is 0 Å². The third-order valence-corrected chi connectivity index (χ3v) is 7.16. The van der Waals surface area contributed by atoms with Crippen molar-refractivity contribution in [3.05, 3.63) is 89.2 Å². The average molecular weight is 468 g/mol. The van der Waals surface area contributed by atoms with Crippen LogP contribution >= 0.6 is 0 Å². The second-order valence-electron chi connectivity index (χ2n) is 8.21. The van der Waals surface area contributed by atoms with Crippen LogP contribution in [0.5, 0.6) is 0 Å². The lowest BCUT2D eigenvalue weighted by molar-refractivity contribution is 0.0746. The van der Waals surface area contributed by atoms with Gasteiger partial charge in [-0.05, 0) is 73.5 Å². The SMILES string of the molecule is Cc1cccc(N2CCN(C(=O)c3cc(S(=O)(=O)Nc4ccc(F)cc4)ccc3C)CC2)c1. The summed E-state index contributed by atoms with van der Waals surface area (Å²) < 4.78 is 41.2. The molecule has 1 heterocycles. The van der Waals surface area contributed by atoms with E-state index in [0.29, 0.717) is 37.3 Å². The van der Waals surface area contributed by atoms with Gasteiger partial charge in [0, 0.05) is 43.1 Å². The zero-order valence-electron chi connectivity index (χ0n) is 18.6. The molecule has 3 aromatic carbocycles. The number of halogens is 1. The predicted octanol–water partition coefficient (Wildman–Crippen LogP) is 4.21. The van der Waals surface area contributed by atoms with Crippen molar-refractivity contribution in [2.75, 3.05) is 35.8 Å². The average Bonchev–Trinajstić information content (AvgIpc) is 2.80. The molecule has 0 aliphatic carbocycles. The van der Waals surface area contributed by atoms with E-state index >= 15 is 0 Å². The van der Waals surface area contributed by atoms with E-state index < -0.39 is 15.8 Å². The summed E-state index contributed by atoms with van der Waals surface area (Å²) in [4.78, 5) is 17.2. The first kappa shape index (κ1) is 22.8. The number of benzene rings is 3. The third-order valence-electron chi connectivity index (χ3n) is 5.78. The normalized spacial score (nSPS) is 14.3. The Bertz CT molecular complexity index is 1270. The van der Waals surface area contributed by atoms with Crippen molar-refractivity contribution in [2.45, 2.75) is 18.7 Å². The van der Waals surface area contributed by atoms with Crippen LogP contribution in [0.1, 0.15) is 21.5 Å². The van der Waals surface area contributed by atoms with Gasteiger partial charge < -0.3 is 9.80 Å². The van der Waals surface area contributed by atoms with E-state index in [2.05, 4.69) is 34.7 Å². The topological polar surface area (TPSA) is 69.7 Å². The zero-order valence-corrected chi connectivity index (χ0v) is 19.4. The fraction of sp³-hybridized carbons (Fsp3) is 0.240. The molecule has 0 spiro atoms. The van der Waals surface area contributed by atoms with Crippen molar-refractivity contribution >= 4 is 27.3 Å². The fourth-order valence-electron chi connectivity index (χ4n) is 3.89. The van der Waals surface area contributed by atoms with E-state index in [-0.39, 0.29) is 16.5 Å². The molecule has 4 rings (SSSR count). The van der Waals surface area contributed by atoms with Crippen molar-refractivity contribution < 1.29 is 17.6 Å². The number of hydrogen-bond acceptors (Lipinski definition) is 4. The van der Waals surface area contributed by atoms with Crippen LogP contribution in [-0.4, -0.2) is 45.4 Å². The summed E-state index contributed by atoms with van der Waals surface area (Å²) in [5.41, 5.74) is 3.65. The van der Waals surface area contributed by atoms with Crippen LogP contribution in [0.25, 0.3) is 0 Å². The second kappa shape index (κ2) is 9.23. The minimum absolute atomic E-state index is 0.0147. The molecule has 6 nitrogen and oxygen atoms in total. The molecule has 0 saturated carbocycles. The van der Waals surface area contributed by atoms with Gasteiger partial charge in [0.15, 0.2) is 0 Å². The van der Waals surface area contributed by atoms with E-state index in [1.165, 1.54) is 42.0 Å². The monoisotopic (exact) mass is 467 g/mol. The third kappa shape index (κ3) is 5.17. The molecule has 33 heavy (non-hydrogen) atoms. The van der Waals surface area contributed by atoms with Crippen molar-refractivity contribution in [1.29, 1.82) is 0 Å². The number of piperazine rings is 1. The highest BCUT2D eigenvalue weighted by Crippen LogP contribution is 2.23. The number of sulfonamides is 1. The first-order chi connectivity index (χ1) is 15.7. The Balaban J connectivity index is 1.49. The molecule has 8 heteroatoms. The zero-order chi connectivity index (χ0) is 23.6. The van der Waals surface area contributed by atoms with Gasteiger partial charge in [-0.15, -0.1) is 0 Å². The standard InChI is InChI=1S/C25H26FN3O3S/c1-18-4-3-5-22(16-18)28-12-14-29(15-13-28)25(30)24-17-23(11-6-19(24)2)33(31,32)27-21-9-7-20(26)8-10-21/h3-11,16-17,27H,12-15H2,1-2H3. The van der Waals surface area contributed by atoms with Crippen molar-refractivity contribution in [2.24, 2.45) is 0 Å². The summed E-state index contributed by atoms with van der Waals surface area (Å²) in [6.45, 7) is 6.36. The van der Waals surface area contributed by atoms with Gasteiger partial charge in [0.2, 0.25) is 0 Å². The van der Waals surface area contributed by atoms with Crippen molar-refractivity contribution in [1.82, 2.24) is 4.90 Å². The van der Waals surface area contributed by atoms with E-state index in [4.69, 9.17) is 0 Å². The van der Waals surface area contributed by atoms with Crippen LogP contribution in [-0.2, 0) is 10.0 Å². The van der Waals surface area contributed by atoms with Gasteiger partial charge in [-0.1, -0.05) is 18.2 Å². The number of aryl methyl sites for hydroxylation is 2. The Morgan fingerprint density at radius 1 is 0.909 bits per heavy atom. The molecule has 3 aromatic rings. The van der Waals surface area contributed by atoms with E-state index in [1.54, 1.807) is 17.9 Å². The van der Waals surface area contributed by atoms with Crippen LogP contribution < -0.4 is 9.62 Å². The van der Waals surface area contributed by atoms with Gasteiger partial charge >= 0.3 is 0 Å². The van der Waals surface area contributed by atoms with E-state index in [0.717, 1.165) is 5.69 Å². The van der Waals surface area contributed by atoms with Gasteiger partial charge in [0.05, 0.1) is 4.90 Å². The van der Waals surface area contributed by atoms with Crippen LogP contribution in [0.2, 0.25) is 0 Å². The lowest BCUT2D eigenvalue weighted by Gasteiger charge is -2.36. The highest BCUT2D eigenvalue weighted by molar-refractivity contribution is 7.92. The predicted molar refractivity (Wildman–Crippen MR) is 128 cm³/mol. The summed E-state index contributed by atoms with van der Waals surface area (Å²) in [7, 11) is -3.93. The number of anilines is 2. The second-order valence-corrected chi connectivity index (χ2v) is 9.89. The number of nitrogens with one attached hydrogen (secondary N) is 1. The smallest absolute Gasteiger partial charge is 0.261 e. The van der Waals surface area contributed by atoms with Gasteiger partial charge in [-0.3, -0.25) is 9.52 Å². The summed E-state index contributed by atoms with van der Waals surface area (Å²) >= 11 is 0. The fourth-order valence-corrected chi connectivity index (χ4v) is 4.98. The van der Waals surface area contributed by atoms with Gasteiger partial charge in [-0.2, -0.15) is 0 Å². The molecule has 0 radical (unpaired) electrons. The number of carbonyl (C=O) groups excluding carboxylic acids is 1. The van der Waals surface area contributed by atoms with E-state index in [1.807, 2.05) is 6.07 Å². The summed E-state index contributed by atoms with van der Waals surface area (Å²) in [6, 6.07) is 17.8. The van der Waals surface area contributed by atoms with Crippen LogP contribution in [0.3, 0.4) is 0 Å². The molecular weight excluding hydrogens is 441 g/mol. The molecule has 0 unspecified atom stereocenters. The molecular formula is C25H26FN3O3S. The molecule has 172 valence electrons. The summed E-state index contributed by atoms with van der Waals surface area (Å²) in [5.74, 6) is -0.640. The number of carbonyl (C=O) groups is 1. The lowest BCUT2D eigenvalue weighted by Crippen LogP contribution is -2.49. The maximum Gasteiger partial charge on any atom is 0.261 e. The Morgan fingerprint density at radius 3 is 2.27 bits per heavy atom. The Kier molecular flexibility index (Phi) is 6.37. The highest BCUT2D eigenvalue weighted by Gasteiger charge is 2.25. The molecule has 1 saturated heterocycles. The lowest BCUT2D eigenvalue weighted by atomic mass is 10.1. The number of rotatable bonds is 5. The minimum atomic E-state index is -3.93. The van der Waals surface area contributed by atoms with Gasteiger partial charge in [0.1, 0.15) is 5.82 Å². The van der Waals surface area contributed by atoms with Crippen molar-refractivity contribution in [3.8, 4) is 0 Å². The molecule has 1 fully saturated rings. The molecule has 0 aromatic heterocycles. The molecule has 0 bridgehead atoms. The van der Waals surface area contributed by atoms with Crippen LogP contribution in [0, 0.1) is 19.7 Å². The van der Waals surface area contributed by atoms with E-state index in [9.17, 15) is 17.6 Å². The molecule has 0 atom stereocenters. The molecule has 1 N–H and O–H groups in total. The first-order valence-corrected chi connectivity index (χ1v) is 12.2. The Labute approximate surface area is 193 Å². The largest absolute Gasteiger partial charge is 0.368 e. The van der Waals surface area contributed by atoms with Gasteiger partial charge in [0.25, 0.3) is 15.9 Å². The summed E-state index contributed by atoms with van der Waals surface area (Å²) in [6.07, 6.45) is 0. The maximum atomic E-state index is 13.2. The Hall–Kier alpha value is -3.39. The van der Waals surface area contributed by atoms with Gasteiger partial charge in [-0.25, -0.2) is 12.8 Å². The minimum Gasteiger partial charge on any atom is -0.368 e. The molecule has 1 aliphatic heterocycles. The number of nitrogens with zero attached hydrogens (tertiary/aromatic N) is 2.